The first-order chi connectivity index (χ1) is 21.0. The van der Waals surface area contributed by atoms with Crippen molar-refractivity contribution >= 4 is 11.4 Å². The Bertz CT molecular complexity index is 1850. The average molecular weight is 556 g/mol. The van der Waals surface area contributed by atoms with E-state index in [1.807, 2.05) is 0 Å². The third-order valence-electron chi connectivity index (χ3n) is 9.01. The first kappa shape index (κ1) is 27.0. The second-order valence-electron chi connectivity index (χ2n) is 12.3. The van der Waals surface area contributed by atoms with Crippen molar-refractivity contribution in [2.75, 3.05) is 5.32 Å². The highest BCUT2D eigenvalue weighted by Crippen LogP contribution is 2.49. The topological polar surface area (TPSA) is 12.0 Å². The third-order valence-corrected chi connectivity index (χ3v) is 9.01. The molecular formula is C42H37N. The van der Waals surface area contributed by atoms with Crippen LogP contribution in [0.5, 0.6) is 0 Å². The molecule has 1 heteroatoms. The van der Waals surface area contributed by atoms with Crippen molar-refractivity contribution in [2.24, 2.45) is 0 Å². The van der Waals surface area contributed by atoms with E-state index in [0.29, 0.717) is 0 Å². The molecular weight excluding hydrogens is 518 g/mol. The molecule has 0 bridgehead atoms. The van der Waals surface area contributed by atoms with E-state index in [2.05, 4.69) is 165 Å². The first-order valence-electron chi connectivity index (χ1n) is 15.4. The largest absolute Gasteiger partial charge is 0.356 e. The molecule has 210 valence electrons. The molecule has 0 heterocycles. The van der Waals surface area contributed by atoms with E-state index in [-0.39, 0.29) is 5.41 Å². The molecule has 43 heavy (non-hydrogen) atoms. The van der Waals surface area contributed by atoms with Crippen LogP contribution < -0.4 is 5.32 Å². The lowest BCUT2D eigenvalue weighted by Gasteiger charge is -2.23. The van der Waals surface area contributed by atoms with Crippen molar-refractivity contribution in [3.05, 3.63) is 168 Å². The predicted molar refractivity (Wildman–Crippen MR) is 183 cm³/mol. The number of fused-ring (bicyclic) bond motifs is 3. The standard InChI is InChI=1S/C42H37N/c1-42(2)40-28-31(13-9-12-30-10-5-3-6-11-30)16-26-38(40)39-27-25-37(29-41(39)42)43-36-23-21-35(22-24-36)34-19-17-33(18-20-34)32-14-7-4-8-15-32/h3-8,10-11,14-29,43H,9,12-13H2,1-2H3. The molecule has 0 spiro atoms. The number of nitrogens with one attached hydrogen (secondary N) is 1. The Labute approximate surface area is 255 Å². The minimum atomic E-state index is -0.0342. The fourth-order valence-electron chi connectivity index (χ4n) is 6.56. The minimum absolute atomic E-state index is 0.0342. The van der Waals surface area contributed by atoms with Crippen LogP contribution >= 0.6 is 0 Å². The summed E-state index contributed by atoms with van der Waals surface area (Å²) < 4.78 is 0. The van der Waals surface area contributed by atoms with Gasteiger partial charge in [-0.3, -0.25) is 0 Å². The van der Waals surface area contributed by atoms with Crippen LogP contribution in [0.4, 0.5) is 11.4 Å². The molecule has 0 aromatic heterocycles. The number of hydrogen-bond donors (Lipinski definition) is 1. The number of rotatable bonds is 8. The maximum atomic E-state index is 3.66. The Morgan fingerprint density at radius 2 is 0.930 bits per heavy atom. The molecule has 0 fully saturated rings. The Hall–Kier alpha value is -4.88. The SMILES string of the molecule is CC1(C)c2cc(CCCc3ccccc3)ccc2-c2ccc(Nc3ccc(-c4ccc(-c5ccccc5)cc4)cc3)cc21. The second-order valence-corrected chi connectivity index (χ2v) is 12.3. The number of anilines is 2. The lowest BCUT2D eigenvalue weighted by atomic mass is 9.81. The lowest BCUT2D eigenvalue weighted by Crippen LogP contribution is -2.15. The average Bonchev–Trinajstić information content (AvgIpc) is 3.28. The summed E-state index contributed by atoms with van der Waals surface area (Å²) in [5, 5.41) is 3.66. The fraction of sp³-hybridized carbons (Fsp3) is 0.143. The molecule has 1 aliphatic rings. The molecule has 6 aromatic rings. The summed E-state index contributed by atoms with van der Waals surface area (Å²) in [7, 11) is 0. The molecule has 0 radical (unpaired) electrons. The molecule has 0 amide bonds. The van der Waals surface area contributed by atoms with Gasteiger partial charge in [0.15, 0.2) is 0 Å². The maximum absolute atomic E-state index is 3.66. The highest BCUT2D eigenvalue weighted by molar-refractivity contribution is 5.83. The highest BCUT2D eigenvalue weighted by atomic mass is 14.9. The predicted octanol–water partition coefficient (Wildman–Crippen LogP) is 11.2. The van der Waals surface area contributed by atoms with Crippen molar-refractivity contribution in [2.45, 2.75) is 38.5 Å². The van der Waals surface area contributed by atoms with E-state index >= 15 is 0 Å². The minimum Gasteiger partial charge on any atom is -0.356 e. The summed E-state index contributed by atoms with van der Waals surface area (Å²) in [6, 6.07) is 52.9. The van der Waals surface area contributed by atoms with Crippen molar-refractivity contribution in [1.29, 1.82) is 0 Å². The summed E-state index contributed by atoms with van der Waals surface area (Å²) in [6.07, 6.45) is 3.40. The van der Waals surface area contributed by atoms with Crippen LogP contribution in [0.3, 0.4) is 0 Å². The van der Waals surface area contributed by atoms with E-state index in [1.165, 1.54) is 62.1 Å². The molecule has 0 saturated carbocycles. The Morgan fingerprint density at radius 1 is 0.442 bits per heavy atom. The Kier molecular flexibility index (Phi) is 7.17. The van der Waals surface area contributed by atoms with E-state index in [4.69, 9.17) is 0 Å². The zero-order chi connectivity index (χ0) is 29.2. The van der Waals surface area contributed by atoms with Gasteiger partial charge in [0.25, 0.3) is 0 Å². The monoisotopic (exact) mass is 555 g/mol. The highest BCUT2D eigenvalue weighted by Gasteiger charge is 2.35. The summed E-state index contributed by atoms with van der Waals surface area (Å²) in [4.78, 5) is 0. The van der Waals surface area contributed by atoms with Crippen molar-refractivity contribution in [1.82, 2.24) is 0 Å². The molecule has 1 aliphatic carbocycles. The summed E-state index contributed by atoms with van der Waals surface area (Å²) in [5.74, 6) is 0. The summed E-state index contributed by atoms with van der Waals surface area (Å²) in [6.45, 7) is 4.74. The van der Waals surface area contributed by atoms with E-state index in [9.17, 15) is 0 Å². The van der Waals surface area contributed by atoms with Crippen molar-refractivity contribution in [3.8, 4) is 33.4 Å². The molecule has 0 atom stereocenters. The fourth-order valence-corrected chi connectivity index (χ4v) is 6.56. The van der Waals surface area contributed by atoms with Gasteiger partial charge in [-0.05, 0) is 99.2 Å². The van der Waals surface area contributed by atoms with Gasteiger partial charge in [-0.15, -0.1) is 0 Å². The van der Waals surface area contributed by atoms with Crippen molar-refractivity contribution < 1.29 is 0 Å². The molecule has 7 rings (SSSR count). The van der Waals surface area contributed by atoms with Crippen molar-refractivity contribution in [3.63, 3.8) is 0 Å². The molecule has 0 unspecified atom stereocenters. The summed E-state index contributed by atoms with van der Waals surface area (Å²) in [5.41, 5.74) is 15.5. The maximum Gasteiger partial charge on any atom is 0.0387 e. The van der Waals surface area contributed by atoms with E-state index in [0.717, 1.165) is 24.2 Å². The number of benzene rings is 6. The molecule has 6 aromatic carbocycles. The van der Waals surface area contributed by atoms with Gasteiger partial charge in [-0.2, -0.15) is 0 Å². The van der Waals surface area contributed by atoms with Crippen LogP contribution in [0.25, 0.3) is 33.4 Å². The quantitative estimate of drug-likeness (QED) is 0.197. The van der Waals surface area contributed by atoms with Crippen LogP contribution in [0.1, 0.15) is 42.5 Å². The van der Waals surface area contributed by atoms with Gasteiger partial charge in [0.1, 0.15) is 0 Å². The normalized spacial score (nSPS) is 12.9. The molecule has 1 N–H and O–H groups in total. The zero-order valence-corrected chi connectivity index (χ0v) is 25.0. The molecule has 1 nitrogen and oxygen atoms in total. The zero-order valence-electron chi connectivity index (χ0n) is 25.0. The van der Waals surface area contributed by atoms with E-state index < -0.39 is 0 Å². The molecule has 0 saturated heterocycles. The lowest BCUT2D eigenvalue weighted by molar-refractivity contribution is 0.658. The third kappa shape index (κ3) is 5.51. The molecule has 0 aliphatic heterocycles. The van der Waals surface area contributed by atoms with Crippen LogP contribution in [0, 0.1) is 0 Å². The van der Waals surface area contributed by atoms with Gasteiger partial charge in [0, 0.05) is 16.8 Å². The van der Waals surface area contributed by atoms with Crippen LogP contribution in [-0.2, 0) is 18.3 Å². The van der Waals surface area contributed by atoms with Crippen LogP contribution in [-0.4, -0.2) is 0 Å². The van der Waals surface area contributed by atoms with Crippen LogP contribution in [0.2, 0.25) is 0 Å². The summed E-state index contributed by atoms with van der Waals surface area (Å²) >= 11 is 0. The number of aryl methyl sites for hydroxylation is 2. The van der Waals surface area contributed by atoms with Gasteiger partial charge in [-0.25, -0.2) is 0 Å². The van der Waals surface area contributed by atoms with Gasteiger partial charge < -0.3 is 5.32 Å². The second kappa shape index (κ2) is 11.4. The number of hydrogen-bond acceptors (Lipinski definition) is 1. The van der Waals surface area contributed by atoms with E-state index in [1.54, 1.807) is 0 Å². The van der Waals surface area contributed by atoms with Gasteiger partial charge in [0.2, 0.25) is 0 Å². The first-order valence-corrected chi connectivity index (χ1v) is 15.4. The Balaban J connectivity index is 1.04. The smallest absolute Gasteiger partial charge is 0.0387 e. The van der Waals surface area contributed by atoms with Gasteiger partial charge >= 0.3 is 0 Å². The van der Waals surface area contributed by atoms with Gasteiger partial charge in [-0.1, -0.05) is 135 Å². The van der Waals surface area contributed by atoms with Gasteiger partial charge in [0.05, 0.1) is 0 Å². The van der Waals surface area contributed by atoms with Crippen LogP contribution in [0.15, 0.2) is 146 Å². The Morgan fingerprint density at radius 3 is 1.58 bits per heavy atom.